The Morgan fingerprint density at radius 3 is 2.50 bits per heavy atom. The Hall–Kier alpha value is -0.860. The lowest BCUT2D eigenvalue weighted by Gasteiger charge is -2.19. The van der Waals surface area contributed by atoms with E-state index >= 15 is 0 Å². The fourth-order valence-corrected chi connectivity index (χ4v) is 1.63. The van der Waals surface area contributed by atoms with E-state index in [0.717, 1.165) is 19.4 Å². The van der Waals surface area contributed by atoms with E-state index in [1.165, 1.54) is 5.56 Å². The van der Waals surface area contributed by atoms with Crippen LogP contribution in [0.15, 0.2) is 30.3 Å². The second-order valence-corrected chi connectivity index (χ2v) is 4.49. The zero-order chi connectivity index (χ0) is 11.8. The SMILES string of the molecule is CC(CO)C(C)NCCCc1ccccc1. The van der Waals surface area contributed by atoms with Crippen molar-refractivity contribution in [3.05, 3.63) is 35.9 Å². The van der Waals surface area contributed by atoms with Gasteiger partial charge in [-0.15, -0.1) is 0 Å². The monoisotopic (exact) mass is 221 g/mol. The van der Waals surface area contributed by atoms with Crippen LogP contribution in [-0.4, -0.2) is 24.3 Å². The molecule has 0 saturated carbocycles. The van der Waals surface area contributed by atoms with Crippen molar-refractivity contribution in [1.29, 1.82) is 0 Å². The van der Waals surface area contributed by atoms with Crippen molar-refractivity contribution in [3.8, 4) is 0 Å². The van der Waals surface area contributed by atoms with Gasteiger partial charge >= 0.3 is 0 Å². The van der Waals surface area contributed by atoms with Gasteiger partial charge < -0.3 is 10.4 Å². The van der Waals surface area contributed by atoms with Crippen LogP contribution in [0.25, 0.3) is 0 Å². The fourth-order valence-electron chi connectivity index (χ4n) is 1.63. The second kappa shape index (κ2) is 7.42. The van der Waals surface area contributed by atoms with Crippen molar-refractivity contribution in [2.45, 2.75) is 32.7 Å². The average molecular weight is 221 g/mol. The molecule has 2 atom stereocenters. The second-order valence-electron chi connectivity index (χ2n) is 4.49. The molecular weight excluding hydrogens is 198 g/mol. The Labute approximate surface area is 98.7 Å². The molecule has 0 amide bonds. The summed E-state index contributed by atoms with van der Waals surface area (Å²) in [6.07, 6.45) is 2.26. The molecule has 2 unspecified atom stereocenters. The van der Waals surface area contributed by atoms with Gasteiger partial charge in [-0.05, 0) is 37.8 Å². The minimum absolute atomic E-state index is 0.257. The molecule has 1 aromatic rings. The third-order valence-electron chi connectivity index (χ3n) is 3.09. The zero-order valence-electron chi connectivity index (χ0n) is 10.3. The normalized spacial score (nSPS) is 14.7. The van der Waals surface area contributed by atoms with Crippen molar-refractivity contribution in [1.82, 2.24) is 5.32 Å². The van der Waals surface area contributed by atoms with Gasteiger partial charge in [0.1, 0.15) is 0 Å². The summed E-state index contributed by atoms with van der Waals surface area (Å²) in [7, 11) is 0. The number of hydrogen-bond acceptors (Lipinski definition) is 2. The van der Waals surface area contributed by atoms with Crippen LogP contribution >= 0.6 is 0 Å². The lowest BCUT2D eigenvalue weighted by Crippen LogP contribution is -2.34. The standard InChI is InChI=1S/C14H23NO/c1-12(11-16)13(2)15-10-6-9-14-7-4-3-5-8-14/h3-5,7-8,12-13,15-16H,6,9-11H2,1-2H3. The third-order valence-corrected chi connectivity index (χ3v) is 3.09. The summed E-state index contributed by atoms with van der Waals surface area (Å²) in [5.41, 5.74) is 1.40. The van der Waals surface area contributed by atoms with E-state index in [1.807, 2.05) is 6.07 Å². The molecule has 0 radical (unpaired) electrons. The molecule has 90 valence electrons. The smallest absolute Gasteiger partial charge is 0.0471 e. The van der Waals surface area contributed by atoms with Gasteiger partial charge in [-0.25, -0.2) is 0 Å². The predicted molar refractivity (Wildman–Crippen MR) is 68.5 cm³/mol. The van der Waals surface area contributed by atoms with E-state index in [0.29, 0.717) is 12.0 Å². The van der Waals surface area contributed by atoms with Crippen LogP contribution in [-0.2, 0) is 6.42 Å². The quantitative estimate of drug-likeness (QED) is 0.692. The highest BCUT2D eigenvalue weighted by atomic mass is 16.3. The van der Waals surface area contributed by atoms with Crippen molar-refractivity contribution < 1.29 is 5.11 Å². The van der Waals surface area contributed by atoms with Gasteiger partial charge in [0, 0.05) is 12.6 Å². The first kappa shape index (κ1) is 13.2. The van der Waals surface area contributed by atoms with Crippen LogP contribution in [0.5, 0.6) is 0 Å². The molecule has 0 bridgehead atoms. The van der Waals surface area contributed by atoms with Crippen LogP contribution in [0.4, 0.5) is 0 Å². The molecule has 2 nitrogen and oxygen atoms in total. The summed E-state index contributed by atoms with van der Waals surface area (Å²) < 4.78 is 0. The maximum atomic E-state index is 9.00. The Bertz CT molecular complexity index is 273. The van der Waals surface area contributed by atoms with Crippen LogP contribution in [0.1, 0.15) is 25.8 Å². The van der Waals surface area contributed by atoms with E-state index in [-0.39, 0.29) is 6.61 Å². The molecule has 0 fully saturated rings. The van der Waals surface area contributed by atoms with Crippen LogP contribution in [0.3, 0.4) is 0 Å². The number of hydrogen-bond donors (Lipinski definition) is 2. The van der Waals surface area contributed by atoms with Gasteiger partial charge in [0.25, 0.3) is 0 Å². The largest absolute Gasteiger partial charge is 0.396 e. The first-order chi connectivity index (χ1) is 7.74. The van der Waals surface area contributed by atoms with E-state index < -0.39 is 0 Å². The van der Waals surface area contributed by atoms with Gasteiger partial charge in [0.2, 0.25) is 0 Å². The lowest BCUT2D eigenvalue weighted by atomic mass is 10.0. The van der Waals surface area contributed by atoms with E-state index in [2.05, 4.69) is 43.4 Å². The maximum Gasteiger partial charge on any atom is 0.0471 e. The van der Waals surface area contributed by atoms with Crippen molar-refractivity contribution in [2.24, 2.45) is 5.92 Å². The number of benzene rings is 1. The number of aliphatic hydroxyl groups excluding tert-OH is 1. The summed E-state index contributed by atoms with van der Waals surface area (Å²) in [5, 5.41) is 12.4. The molecule has 2 N–H and O–H groups in total. The van der Waals surface area contributed by atoms with Crippen molar-refractivity contribution >= 4 is 0 Å². The molecule has 0 aliphatic heterocycles. The molecular formula is C14H23NO. The van der Waals surface area contributed by atoms with E-state index in [1.54, 1.807) is 0 Å². The van der Waals surface area contributed by atoms with Gasteiger partial charge in [0.15, 0.2) is 0 Å². The lowest BCUT2D eigenvalue weighted by molar-refractivity contribution is 0.207. The van der Waals surface area contributed by atoms with E-state index in [9.17, 15) is 0 Å². The molecule has 1 rings (SSSR count). The molecule has 2 heteroatoms. The first-order valence-corrected chi connectivity index (χ1v) is 6.12. The molecule has 16 heavy (non-hydrogen) atoms. The predicted octanol–water partition coefficient (Wildman–Crippen LogP) is 2.23. The molecule has 0 spiro atoms. The minimum Gasteiger partial charge on any atom is -0.396 e. The molecule has 1 aromatic carbocycles. The highest BCUT2D eigenvalue weighted by Crippen LogP contribution is 2.03. The molecule has 0 aromatic heterocycles. The van der Waals surface area contributed by atoms with Crippen molar-refractivity contribution in [2.75, 3.05) is 13.2 Å². The Balaban J connectivity index is 2.13. The summed E-state index contributed by atoms with van der Waals surface area (Å²) in [5.74, 6) is 0.330. The summed E-state index contributed by atoms with van der Waals surface area (Å²) in [6.45, 7) is 5.46. The van der Waals surface area contributed by atoms with Crippen LogP contribution < -0.4 is 5.32 Å². The van der Waals surface area contributed by atoms with Gasteiger partial charge in [-0.2, -0.15) is 0 Å². The third kappa shape index (κ3) is 4.77. The Morgan fingerprint density at radius 1 is 1.19 bits per heavy atom. The minimum atomic E-state index is 0.257. The number of nitrogens with one attached hydrogen (secondary N) is 1. The number of rotatable bonds is 7. The summed E-state index contributed by atoms with van der Waals surface area (Å²) >= 11 is 0. The van der Waals surface area contributed by atoms with Gasteiger partial charge in [-0.1, -0.05) is 37.3 Å². The zero-order valence-corrected chi connectivity index (χ0v) is 10.3. The highest BCUT2D eigenvalue weighted by molar-refractivity contribution is 5.14. The summed E-state index contributed by atoms with van der Waals surface area (Å²) in [6, 6.07) is 10.9. The number of aliphatic hydroxyl groups is 1. The molecule has 0 saturated heterocycles. The topological polar surface area (TPSA) is 32.3 Å². The Morgan fingerprint density at radius 2 is 1.88 bits per heavy atom. The molecule has 0 aliphatic rings. The van der Waals surface area contributed by atoms with Gasteiger partial charge in [-0.3, -0.25) is 0 Å². The number of aryl methyl sites for hydroxylation is 1. The maximum absolute atomic E-state index is 9.00. The van der Waals surface area contributed by atoms with Crippen molar-refractivity contribution in [3.63, 3.8) is 0 Å². The summed E-state index contributed by atoms with van der Waals surface area (Å²) in [4.78, 5) is 0. The fraction of sp³-hybridized carbons (Fsp3) is 0.571. The average Bonchev–Trinajstić information content (AvgIpc) is 2.34. The van der Waals surface area contributed by atoms with Crippen LogP contribution in [0, 0.1) is 5.92 Å². The first-order valence-electron chi connectivity index (χ1n) is 6.12. The highest BCUT2D eigenvalue weighted by Gasteiger charge is 2.09. The Kier molecular flexibility index (Phi) is 6.12. The van der Waals surface area contributed by atoms with E-state index in [4.69, 9.17) is 5.11 Å². The van der Waals surface area contributed by atoms with Gasteiger partial charge in [0.05, 0.1) is 0 Å². The molecule has 0 heterocycles. The van der Waals surface area contributed by atoms with Crippen LogP contribution in [0.2, 0.25) is 0 Å². The molecule has 0 aliphatic carbocycles.